The topological polar surface area (TPSA) is 43.7 Å². The molecule has 1 aliphatic heterocycles. The zero-order valence-corrected chi connectivity index (χ0v) is 15.7. The van der Waals surface area contributed by atoms with Crippen molar-refractivity contribution >= 4 is 28.6 Å². The summed E-state index contributed by atoms with van der Waals surface area (Å²) >= 11 is 6.29. The first-order valence-corrected chi connectivity index (χ1v) is 7.83. The van der Waals surface area contributed by atoms with Crippen molar-refractivity contribution in [2.45, 2.75) is 19.3 Å². The molecule has 0 unspecified atom stereocenters. The van der Waals surface area contributed by atoms with Gasteiger partial charge in [0.15, 0.2) is 11.5 Å². The van der Waals surface area contributed by atoms with E-state index in [-0.39, 0.29) is 39.4 Å². The van der Waals surface area contributed by atoms with E-state index in [1.165, 1.54) is 11.1 Å². The van der Waals surface area contributed by atoms with E-state index in [9.17, 15) is 10.2 Å². The number of rotatable bonds is 1. The lowest BCUT2D eigenvalue weighted by Crippen LogP contribution is -2.24. The van der Waals surface area contributed by atoms with Crippen LogP contribution in [-0.4, -0.2) is 35.3 Å². The highest BCUT2D eigenvalue weighted by Crippen LogP contribution is 2.43. The molecule has 1 aliphatic rings. The zero-order chi connectivity index (χ0) is 15.9. The molecule has 0 radical (unpaired) electrons. The fourth-order valence-corrected chi connectivity index (χ4v) is 3.53. The summed E-state index contributed by atoms with van der Waals surface area (Å²) in [6, 6.07) is 10.1. The third-order valence-electron chi connectivity index (χ3n) is 4.41. The van der Waals surface area contributed by atoms with Gasteiger partial charge in [-0.25, -0.2) is 0 Å². The van der Waals surface area contributed by atoms with Crippen molar-refractivity contribution in [3.05, 3.63) is 57.6 Å². The van der Waals surface area contributed by atoms with Crippen molar-refractivity contribution in [3.63, 3.8) is 0 Å². The molecule has 3 nitrogen and oxygen atoms in total. The largest absolute Gasteiger partial charge is 0.504 e. The molecular formula is C18H21BrClNO2. The van der Waals surface area contributed by atoms with E-state index in [4.69, 9.17) is 11.6 Å². The molecule has 3 rings (SSSR count). The maximum atomic E-state index is 9.99. The summed E-state index contributed by atoms with van der Waals surface area (Å²) in [5.41, 5.74) is 4.36. The SMILES string of the molecule is Br.Cc1cccc([C@H]2CN(C)CCc3c2cc(O)c(O)c3Cl)c1. The van der Waals surface area contributed by atoms with Crippen molar-refractivity contribution in [1.29, 1.82) is 0 Å². The number of fused-ring (bicyclic) bond motifs is 1. The Morgan fingerprint density at radius 1 is 1.22 bits per heavy atom. The van der Waals surface area contributed by atoms with Gasteiger partial charge in [-0.05, 0) is 43.1 Å². The highest BCUT2D eigenvalue weighted by molar-refractivity contribution is 8.93. The van der Waals surface area contributed by atoms with Gasteiger partial charge in [-0.3, -0.25) is 0 Å². The second-order valence-electron chi connectivity index (χ2n) is 6.11. The lowest BCUT2D eigenvalue weighted by molar-refractivity contribution is 0.338. The van der Waals surface area contributed by atoms with Gasteiger partial charge in [0, 0.05) is 19.0 Å². The van der Waals surface area contributed by atoms with E-state index >= 15 is 0 Å². The van der Waals surface area contributed by atoms with E-state index in [1.807, 2.05) is 0 Å². The summed E-state index contributed by atoms with van der Waals surface area (Å²) < 4.78 is 0. The number of hydrogen-bond donors (Lipinski definition) is 2. The Labute approximate surface area is 152 Å². The maximum Gasteiger partial charge on any atom is 0.176 e. The number of aromatic hydroxyl groups is 2. The lowest BCUT2D eigenvalue weighted by atomic mass is 9.87. The van der Waals surface area contributed by atoms with E-state index in [0.717, 1.165) is 30.6 Å². The molecule has 0 aromatic heterocycles. The number of phenolic OH excluding ortho intramolecular Hbond substituents is 2. The molecule has 0 amide bonds. The number of nitrogens with zero attached hydrogens (tertiary/aromatic N) is 1. The number of halogens is 2. The summed E-state index contributed by atoms with van der Waals surface area (Å²) in [5, 5.41) is 20.2. The van der Waals surface area contributed by atoms with E-state index in [1.54, 1.807) is 6.07 Å². The van der Waals surface area contributed by atoms with E-state index in [2.05, 4.69) is 43.1 Å². The number of phenols is 2. The molecule has 0 aliphatic carbocycles. The first kappa shape index (κ1) is 18.1. The van der Waals surface area contributed by atoms with Gasteiger partial charge in [0.1, 0.15) is 0 Å². The summed E-state index contributed by atoms with van der Waals surface area (Å²) in [7, 11) is 2.09. The van der Waals surface area contributed by atoms with E-state index in [0.29, 0.717) is 0 Å². The lowest BCUT2D eigenvalue weighted by Gasteiger charge is -2.23. The number of hydrogen-bond acceptors (Lipinski definition) is 3. The Morgan fingerprint density at radius 3 is 2.65 bits per heavy atom. The Morgan fingerprint density at radius 2 is 1.96 bits per heavy atom. The maximum absolute atomic E-state index is 9.99. The Balaban J connectivity index is 0.00000192. The van der Waals surface area contributed by atoms with Crippen molar-refractivity contribution in [1.82, 2.24) is 4.90 Å². The average Bonchev–Trinajstić information content (AvgIpc) is 2.65. The van der Waals surface area contributed by atoms with Crippen LogP contribution in [-0.2, 0) is 6.42 Å². The van der Waals surface area contributed by atoms with Crippen LogP contribution in [0, 0.1) is 6.92 Å². The Kier molecular flexibility index (Phi) is 5.61. The van der Waals surface area contributed by atoms with Crippen LogP contribution in [0.3, 0.4) is 0 Å². The molecule has 0 spiro atoms. The van der Waals surface area contributed by atoms with Crippen LogP contribution in [0.2, 0.25) is 5.02 Å². The van der Waals surface area contributed by atoms with Gasteiger partial charge < -0.3 is 15.1 Å². The van der Waals surface area contributed by atoms with Crippen LogP contribution in [0.15, 0.2) is 30.3 Å². The van der Waals surface area contributed by atoms with Gasteiger partial charge in [0.05, 0.1) is 5.02 Å². The van der Waals surface area contributed by atoms with Crippen LogP contribution >= 0.6 is 28.6 Å². The first-order chi connectivity index (χ1) is 10.5. The van der Waals surface area contributed by atoms with Crippen LogP contribution in [0.4, 0.5) is 0 Å². The van der Waals surface area contributed by atoms with Crippen molar-refractivity contribution in [2.75, 3.05) is 20.1 Å². The summed E-state index contributed by atoms with van der Waals surface area (Å²) in [4.78, 5) is 2.26. The molecular weight excluding hydrogens is 378 g/mol. The summed E-state index contributed by atoms with van der Waals surface area (Å²) in [5.74, 6) is -0.231. The van der Waals surface area contributed by atoms with Gasteiger partial charge in [-0.15, -0.1) is 17.0 Å². The predicted molar refractivity (Wildman–Crippen MR) is 99.3 cm³/mol. The second-order valence-corrected chi connectivity index (χ2v) is 6.48. The zero-order valence-electron chi connectivity index (χ0n) is 13.2. The van der Waals surface area contributed by atoms with Crippen LogP contribution in [0.5, 0.6) is 11.5 Å². The van der Waals surface area contributed by atoms with Gasteiger partial charge >= 0.3 is 0 Å². The highest BCUT2D eigenvalue weighted by Gasteiger charge is 2.27. The molecule has 23 heavy (non-hydrogen) atoms. The molecule has 0 fully saturated rings. The molecule has 1 heterocycles. The molecule has 1 atom stereocenters. The normalized spacial score (nSPS) is 18.0. The average molecular weight is 399 g/mol. The van der Waals surface area contributed by atoms with Crippen molar-refractivity contribution < 1.29 is 10.2 Å². The quantitative estimate of drug-likeness (QED) is 0.706. The number of benzene rings is 2. The van der Waals surface area contributed by atoms with Crippen LogP contribution in [0.1, 0.15) is 28.2 Å². The number of likely N-dealkylation sites (N-methyl/N-ethyl adjacent to an activating group) is 1. The minimum atomic E-state index is -0.215. The fraction of sp³-hybridized carbons (Fsp3) is 0.333. The second kappa shape index (κ2) is 7.12. The van der Waals surface area contributed by atoms with Crippen molar-refractivity contribution in [3.8, 4) is 11.5 Å². The van der Waals surface area contributed by atoms with E-state index < -0.39 is 0 Å². The van der Waals surface area contributed by atoms with Crippen LogP contribution in [0.25, 0.3) is 0 Å². The summed E-state index contributed by atoms with van der Waals surface area (Å²) in [6.07, 6.45) is 0.765. The van der Waals surface area contributed by atoms with Crippen LogP contribution < -0.4 is 0 Å². The first-order valence-electron chi connectivity index (χ1n) is 7.45. The minimum Gasteiger partial charge on any atom is -0.504 e. The summed E-state index contributed by atoms with van der Waals surface area (Å²) in [6.45, 7) is 3.81. The van der Waals surface area contributed by atoms with Gasteiger partial charge in [-0.1, -0.05) is 41.4 Å². The highest BCUT2D eigenvalue weighted by atomic mass is 79.9. The van der Waals surface area contributed by atoms with Crippen molar-refractivity contribution in [2.24, 2.45) is 0 Å². The molecule has 124 valence electrons. The third kappa shape index (κ3) is 3.49. The third-order valence-corrected chi connectivity index (χ3v) is 4.82. The molecule has 2 N–H and O–H groups in total. The van der Waals surface area contributed by atoms with Gasteiger partial charge in [0.25, 0.3) is 0 Å². The molecule has 0 saturated carbocycles. The molecule has 0 bridgehead atoms. The monoisotopic (exact) mass is 397 g/mol. The smallest absolute Gasteiger partial charge is 0.176 e. The molecule has 5 heteroatoms. The number of aryl methyl sites for hydroxylation is 1. The standard InChI is InChI=1S/C18H20ClNO2.BrH/c1-11-4-3-5-12(8-11)15-10-20(2)7-6-13-14(15)9-16(21)18(22)17(13)19;/h3-5,8-9,15,21-22H,6-7,10H2,1-2H3;1H/t15-;/m1./s1. The molecule has 0 saturated heterocycles. The Hall–Kier alpha value is -1.23. The molecule has 2 aromatic rings. The molecule has 2 aromatic carbocycles. The van der Waals surface area contributed by atoms with Gasteiger partial charge in [0.2, 0.25) is 0 Å². The fourth-order valence-electron chi connectivity index (χ4n) is 3.23. The van der Waals surface area contributed by atoms with Gasteiger partial charge in [-0.2, -0.15) is 0 Å². The predicted octanol–water partition coefficient (Wildman–Crippen LogP) is 4.26. The minimum absolute atomic E-state index is 0. The Bertz CT molecular complexity index is 720.